The van der Waals surface area contributed by atoms with Crippen molar-refractivity contribution in [1.82, 2.24) is 10.0 Å². The molecule has 0 spiro atoms. The molecule has 1 aliphatic rings. The maximum atomic E-state index is 11.4. The molecule has 0 aliphatic heterocycles. The fraction of sp³-hybridized carbons (Fsp3) is 0.600. The minimum atomic E-state index is -3.11. The topological polar surface area (TPSA) is 58.2 Å². The van der Waals surface area contributed by atoms with Gasteiger partial charge in [0.2, 0.25) is 10.0 Å². The van der Waals surface area contributed by atoms with Gasteiger partial charge in [-0.2, -0.15) is 0 Å². The standard InChI is InChI=1S/C15H24N2O2S/c1-12-6-8-13(9-7-12)14-4-3-5-15(14)17-10-11-20(18,19)16-2/h6-9,14-17H,3-5,10-11H2,1-2H3. The Hall–Kier alpha value is -0.910. The van der Waals surface area contributed by atoms with Crippen LogP contribution in [0.2, 0.25) is 0 Å². The van der Waals surface area contributed by atoms with Crippen molar-refractivity contribution >= 4 is 10.0 Å². The van der Waals surface area contributed by atoms with Crippen LogP contribution in [0.5, 0.6) is 0 Å². The minimum Gasteiger partial charge on any atom is -0.312 e. The quantitative estimate of drug-likeness (QED) is 0.841. The molecule has 1 saturated carbocycles. The van der Waals surface area contributed by atoms with Crippen LogP contribution in [0.1, 0.15) is 36.3 Å². The third-order valence-corrected chi connectivity index (χ3v) is 5.47. The smallest absolute Gasteiger partial charge is 0.212 e. The van der Waals surface area contributed by atoms with Crippen LogP contribution in [0.4, 0.5) is 0 Å². The molecule has 0 amide bonds. The van der Waals surface area contributed by atoms with Crippen molar-refractivity contribution in [1.29, 1.82) is 0 Å². The van der Waals surface area contributed by atoms with Crippen LogP contribution in [0.3, 0.4) is 0 Å². The summed E-state index contributed by atoms with van der Waals surface area (Å²) in [7, 11) is -1.65. The average Bonchev–Trinajstić information content (AvgIpc) is 2.88. The summed E-state index contributed by atoms with van der Waals surface area (Å²) < 4.78 is 25.2. The van der Waals surface area contributed by atoms with Gasteiger partial charge < -0.3 is 5.32 Å². The summed E-state index contributed by atoms with van der Waals surface area (Å²) in [6.07, 6.45) is 3.51. The summed E-state index contributed by atoms with van der Waals surface area (Å²) in [6, 6.07) is 9.09. The van der Waals surface area contributed by atoms with Gasteiger partial charge in [-0.3, -0.25) is 0 Å². The van der Waals surface area contributed by atoms with E-state index in [1.807, 2.05) is 0 Å². The molecule has 20 heavy (non-hydrogen) atoms. The zero-order valence-corrected chi connectivity index (χ0v) is 13.0. The first kappa shape index (κ1) is 15.5. The first-order valence-electron chi connectivity index (χ1n) is 7.23. The molecule has 0 radical (unpaired) electrons. The second-order valence-electron chi connectivity index (χ2n) is 5.53. The molecule has 2 N–H and O–H groups in total. The number of hydrogen-bond acceptors (Lipinski definition) is 3. The Kier molecular flexibility index (Phi) is 5.18. The van der Waals surface area contributed by atoms with E-state index in [1.165, 1.54) is 31.0 Å². The van der Waals surface area contributed by atoms with Crippen molar-refractivity contribution in [3.63, 3.8) is 0 Å². The van der Waals surface area contributed by atoms with Gasteiger partial charge >= 0.3 is 0 Å². The van der Waals surface area contributed by atoms with Crippen molar-refractivity contribution in [2.45, 2.75) is 38.1 Å². The predicted molar refractivity (Wildman–Crippen MR) is 82.4 cm³/mol. The van der Waals surface area contributed by atoms with Crippen LogP contribution in [-0.4, -0.2) is 33.8 Å². The van der Waals surface area contributed by atoms with E-state index in [1.54, 1.807) is 0 Å². The van der Waals surface area contributed by atoms with Crippen LogP contribution >= 0.6 is 0 Å². The normalized spacial score (nSPS) is 23.1. The Morgan fingerprint density at radius 2 is 1.90 bits per heavy atom. The number of nitrogens with one attached hydrogen (secondary N) is 2. The van der Waals surface area contributed by atoms with Crippen LogP contribution in [0.15, 0.2) is 24.3 Å². The van der Waals surface area contributed by atoms with Gasteiger partial charge in [-0.1, -0.05) is 36.2 Å². The van der Waals surface area contributed by atoms with Crippen LogP contribution in [0.25, 0.3) is 0 Å². The Labute approximate surface area is 122 Å². The molecule has 0 heterocycles. The van der Waals surface area contributed by atoms with Crippen LogP contribution in [0, 0.1) is 6.92 Å². The molecule has 112 valence electrons. The maximum Gasteiger partial charge on any atom is 0.212 e. The fourth-order valence-corrected chi connectivity index (χ4v) is 3.49. The lowest BCUT2D eigenvalue weighted by Gasteiger charge is -2.21. The Bertz CT molecular complexity index is 525. The number of aryl methyl sites for hydroxylation is 1. The highest BCUT2D eigenvalue weighted by molar-refractivity contribution is 7.89. The van der Waals surface area contributed by atoms with Crippen LogP contribution < -0.4 is 10.0 Å². The van der Waals surface area contributed by atoms with E-state index in [0.29, 0.717) is 18.5 Å². The van der Waals surface area contributed by atoms with E-state index in [4.69, 9.17) is 0 Å². The highest BCUT2D eigenvalue weighted by atomic mass is 32.2. The molecule has 0 saturated heterocycles. The monoisotopic (exact) mass is 296 g/mol. The summed E-state index contributed by atoms with van der Waals surface area (Å²) in [6.45, 7) is 2.60. The number of sulfonamides is 1. The number of hydrogen-bond donors (Lipinski definition) is 2. The molecule has 2 rings (SSSR count). The van der Waals surface area contributed by atoms with Gasteiger partial charge in [-0.15, -0.1) is 0 Å². The molecule has 1 aromatic carbocycles. The van der Waals surface area contributed by atoms with Gasteiger partial charge in [0.1, 0.15) is 0 Å². The minimum absolute atomic E-state index is 0.140. The Morgan fingerprint density at radius 1 is 1.20 bits per heavy atom. The van der Waals surface area contributed by atoms with Gasteiger partial charge in [0.05, 0.1) is 5.75 Å². The second-order valence-corrected chi connectivity index (χ2v) is 7.58. The average molecular weight is 296 g/mol. The molecule has 2 atom stereocenters. The van der Waals surface area contributed by atoms with Crippen molar-refractivity contribution in [2.24, 2.45) is 0 Å². The molecule has 1 aliphatic carbocycles. The van der Waals surface area contributed by atoms with E-state index >= 15 is 0 Å². The lowest BCUT2D eigenvalue weighted by atomic mass is 9.93. The third-order valence-electron chi connectivity index (χ3n) is 4.11. The van der Waals surface area contributed by atoms with E-state index in [0.717, 1.165) is 6.42 Å². The predicted octanol–water partition coefficient (Wildman–Crippen LogP) is 1.77. The van der Waals surface area contributed by atoms with Crippen LogP contribution in [-0.2, 0) is 10.0 Å². The summed E-state index contributed by atoms with van der Waals surface area (Å²) in [5.41, 5.74) is 2.64. The Balaban J connectivity index is 1.92. The highest BCUT2D eigenvalue weighted by Gasteiger charge is 2.28. The zero-order chi connectivity index (χ0) is 14.6. The lowest BCUT2D eigenvalue weighted by molar-refractivity contribution is 0.490. The first-order chi connectivity index (χ1) is 9.52. The van der Waals surface area contributed by atoms with Crippen molar-refractivity contribution in [3.05, 3.63) is 35.4 Å². The van der Waals surface area contributed by atoms with Gasteiger partial charge in [-0.25, -0.2) is 13.1 Å². The van der Waals surface area contributed by atoms with E-state index in [9.17, 15) is 8.42 Å². The highest BCUT2D eigenvalue weighted by Crippen LogP contribution is 2.34. The molecule has 2 unspecified atom stereocenters. The zero-order valence-electron chi connectivity index (χ0n) is 12.2. The summed E-state index contributed by atoms with van der Waals surface area (Å²) in [5.74, 6) is 0.647. The third kappa shape index (κ3) is 4.04. The summed E-state index contributed by atoms with van der Waals surface area (Å²) in [4.78, 5) is 0. The van der Waals surface area contributed by atoms with E-state index in [2.05, 4.69) is 41.2 Å². The number of rotatable bonds is 6. The largest absolute Gasteiger partial charge is 0.312 e. The van der Waals surface area contributed by atoms with Crippen molar-refractivity contribution < 1.29 is 8.42 Å². The van der Waals surface area contributed by atoms with Gasteiger partial charge in [0.25, 0.3) is 0 Å². The molecule has 1 fully saturated rings. The van der Waals surface area contributed by atoms with Gasteiger partial charge in [0.15, 0.2) is 0 Å². The van der Waals surface area contributed by atoms with Crippen molar-refractivity contribution in [3.8, 4) is 0 Å². The van der Waals surface area contributed by atoms with Gasteiger partial charge in [0, 0.05) is 12.6 Å². The molecular formula is C15H24N2O2S. The van der Waals surface area contributed by atoms with E-state index in [-0.39, 0.29) is 5.75 Å². The van der Waals surface area contributed by atoms with E-state index < -0.39 is 10.0 Å². The maximum absolute atomic E-state index is 11.4. The second kappa shape index (κ2) is 6.70. The fourth-order valence-electron chi connectivity index (χ4n) is 2.90. The first-order valence-corrected chi connectivity index (χ1v) is 8.88. The SMILES string of the molecule is CNS(=O)(=O)CCNC1CCCC1c1ccc(C)cc1. The number of benzene rings is 1. The molecule has 0 bridgehead atoms. The molecular weight excluding hydrogens is 272 g/mol. The van der Waals surface area contributed by atoms with Crippen molar-refractivity contribution in [2.75, 3.05) is 19.3 Å². The van der Waals surface area contributed by atoms with Gasteiger partial charge in [-0.05, 0) is 38.3 Å². The molecule has 0 aromatic heterocycles. The molecule has 5 heteroatoms. The lowest BCUT2D eigenvalue weighted by Crippen LogP contribution is -2.36. The molecule has 4 nitrogen and oxygen atoms in total. The summed E-state index contributed by atoms with van der Waals surface area (Å²) in [5, 5.41) is 3.42. The molecule has 1 aromatic rings. The Morgan fingerprint density at radius 3 is 2.55 bits per heavy atom. The summed E-state index contributed by atoms with van der Waals surface area (Å²) >= 11 is 0.